The molecule has 114 valence electrons. The van der Waals surface area contributed by atoms with Crippen LogP contribution in [-0.4, -0.2) is 0 Å². The van der Waals surface area contributed by atoms with Gasteiger partial charge in [0.1, 0.15) is 0 Å². The largest absolute Gasteiger partial charge is 0.416 e. The lowest BCUT2D eigenvalue weighted by molar-refractivity contribution is -0.138. The fraction of sp³-hybridized carbons (Fsp3) is 0.375. The first-order chi connectivity index (χ1) is 9.89. The molecule has 2 rings (SSSR count). The summed E-state index contributed by atoms with van der Waals surface area (Å²) in [6.45, 7) is 4.33. The highest BCUT2D eigenvalue weighted by Gasteiger charge is 2.33. The first-order valence-corrected chi connectivity index (χ1v) is 7.69. The summed E-state index contributed by atoms with van der Waals surface area (Å²) >= 11 is 1.62. The van der Waals surface area contributed by atoms with Gasteiger partial charge in [0.05, 0.1) is 5.56 Å². The summed E-state index contributed by atoms with van der Waals surface area (Å²) in [7, 11) is 0. The Hall–Kier alpha value is -1.33. The van der Waals surface area contributed by atoms with Crippen LogP contribution < -0.4 is 5.32 Å². The number of halogens is 3. The van der Waals surface area contributed by atoms with Crippen molar-refractivity contribution in [3.63, 3.8) is 0 Å². The minimum Gasteiger partial charge on any atom is -0.305 e. The lowest BCUT2D eigenvalue weighted by atomic mass is 10.0. The Labute approximate surface area is 126 Å². The second-order valence-electron chi connectivity index (χ2n) is 5.27. The number of benzene rings is 1. The van der Waals surface area contributed by atoms with Gasteiger partial charge in [0.25, 0.3) is 0 Å². The maximum absolute atomic E-state index is 13.0. The van der Waals surface area contributed by atoms with E-state index in [-0.39, 0.29) is 18.2 Å². The molecule has 1 N–H and O–H groups in total. The van der Waals surface area contributed by atoms with Gasteiger partial charge in [-0.25, -0.2) is 0 Å². The molecule has 0 saturated carbocycles. The van der Waals surface area contributed by atoms with Gasteiger partial charge in [0, 0.05) is 17.5 Å². The van der Waals surface area contributed by atoms with Crippen molar-refractivity contribution in [3.8, 4) is 0 Å². The smallest absolute Gasteiger partial charge is 0.305 e. The third-order valence-electron chi connectivity index (χ3n) is 3.35. The molecule has 1 nitrogen and oxygen atoms in total. The minimum atomic E-state index is -4.31. The topological polar surface area (TPSA) is 12.0 Å². The zero-order valence-electron chi connectivity index (χ0n) is 11.9. The molecule has 0 spiro atoms. The molecule has 0 aliphatic rings. The van der Waals surface area contributed by atoms with Gasteiger partial charge in [0.15, 0.2) is 0 Å². The van der Waals surface area contributed by atoms with Gasteiger partial charge in [-0.3, -0.25) is 0 Å². The first-order valence-electron chi connectivity index (χ1n) is 6.81. The van der Waals surface area contributed by atoms with Crippen molar-refractivity contribution in [1.29, 1.82) is 0 Å². The molecule has 1 unspecified atom stereocenters. The van der Waals surface area contributed by atoms with Gasteiger partial charge in [-0.2, -0.15) is 13.2 Å². The molecule has 2 aromatic rings. The number of alkyl halides is 3. The van der Waals surface area contributed by atoms with Crippen LogP contribution in [0.15, 0.2) is 41.8 Å². The first kappa shape index (κ1) is 16.0. The van der Waals surface area contributed by atoms with Crippen LogP contribution in [0.5, 0.6) is 0 Å². The van der Waals surface area contributed by atoms with Gasteiger partial charge < -0.3 is 5.32 Å². The molecule has 1 aromatic carbocycles. The predicted molar refractivity (Wildman–Crippen MR) is 80.2 cm³/mol. The molecule has 0 fully saturated rings. The molecule has 1 aromatic heterocycles. The molecule has 0 aliphatic heterocycles. The number of hydrogen-bond donors (Lipinski definition) is 1. The normalized spacial score (nSPS) is 13.6. The second kappa shape index (κ2) is 6.62. The summed E-state index contributed by atoms with van der Waals surface area (Å²) in [5, 5.41) is 5.24. The van der Waals surface area contributed by atoms with E-state index in [1.165, 1.54) is 12.1 Å². The molecule has 5 heteroatoms. The van der Waals surface area contributed by atoms with Crippen molar-refractivity contribution >= 4 is 11.3 Å². The average molecular weight is 313 g/mol. The van der Waals surface area contributed by atoms with Crippen molar-refractivity contribution in [2.24, 2.45) is 5.92 Å². The molecule has 1 atom stereocenters. The number of nitrogens with one attached hydrogen (secondary N) is 1. The predicted octanol–water partition coefficient (Wildman–Crippen LogP) is 5.25. The average Bonchev–Trinajstić information content (AvgIpc) is 2.92. The molecule has 0 aliphatic carbocycles. The Morgan fingerprint density at radius 3 is 2.38 bits per heavy atom. The Morgan fingerprint density at radius 1 is 1.10 bits per heavy atom. The van der Waals surface area contributed by atoms with Crippen molar-refractivity contribution in [2.45, 2.75) is 32.6 Å². The van der Waals surface area contributed by atoms with E-state index < -0.39 is 11.7 Å². The molecular formula is C16H18F3NS. The van der Waals surface area contributed by atoms with Crippen LogP contribution in [0.3, 0.4) is 0 Å². The van der Waals surface area contributed by atoms with Crippen molar-refractivity contribution in [2.75, 3.05) is 0 Å². The van der Waals surface area contributed by atoms with E-state index in [4.69, 9.17) is 0 Å². The molecule has 1 heterocycles. The third-order valence-corrected chi connectivity index (χ3v) is 4.31. The van der Waals surface area contributed by atoms with E-state index in [0.29, 0.717) is 5.92 Å². The lowest BCUT2D eigenvalue weighted by Crippen LogP contribution is -2.25. The van der Waals surface area contributed by atoms with Crippen LogP contribution in [0.2, 0.25) is 0 Å². The summed E-state index contributed by atoms with van der Waals surface area (Å²) in [6.07, 6.45) is -4.31. The number of hydrogen-bond acceptors (Lipinski definition) is 2. The maximum Gasteiger partial charge on any atom is 0.416 e. The molecule has 21 heavy (non-hydrogen) atoms. The minimum absolute atomic E-state index is 0.0614. The van der Waals surface area contributed by atoms with Crippen LogP contribution in [0.25, 0.3) is 0 Å². The molecule has 0 amide bonds. The summed E-state index contributed by atoms with van der Waals surface area (Å²) < 4.78 is 38.9. The lowest BCUT2D eigenvalue weighted by Gasteiger charge is -2.22. The molecule has 0 saturated heterocycles. The summed E-state index contributed by atoms with van der Waals surface area (Å²) in [5.41, 5.74) is -0.279. The van der Waals surface area contributed by atoms with E-state index in [1.54, 1.807) is 17.4 Å². The van der Waals surface area contributed by atoms with E-state index in [1.807, 2.05) is 17.5 Å². The van der Waals surface area contributed by atoms with E-state index in [2.05, 4.69) is 19.2 Å². The summed E-state index contributed by atoms with van der Waals surface area (Å²) in [5.74, 6) is 0.307. The van der Waals surface area contributed by atoms with Crippen molar-refractivity contribution in [1.82, 2.24) is 5.32 Å². The zero-order chi connectivity index (χ0) is 15.5. The number of rotatable bonds is 5. The third kappa shape index (κ3) is 4.08. The maximum atomic E-state index is 13.0. The monoisotopic (exact) mass is 313 g/mol. The van der Waals surface area contributed by atoms with E-state index in [0.717, 1.165) is 10.9 Å². The van der Waals surface area contributed by atoms with E-state index in [9.17, 15) is 13.2 Å². The van der Waals surface area contributed by atoms with Crippen molar-refractivity contribution in [3.05, 3.63) is 57.8 Å². The van der Waals surface area contributed by atoms with Gasteiger partial charge in [-0.15, -0.1) is 11.3 Å². The molecule has 0 bridgehead atoms. The number of thiophene rings is 1. The molecule has 0 radical (unpaired) electrons. The zero-order valence-corrected chi connectivity index (χ0v) is 12.8. The summed E-state index contributed by atoms with van der Waals surface area (Å²) in [6, 6.07) is 9.76. The Bertz CT molecular complexity index is 561. The fourth-order valence-corrected chi connectivity index (χ4v) is 3.28. The van der Waals surface area contributed by atoms with Crippen LogP contribution in [0, 0.1) is 5.92 Å². The molecular weight excluding hydrogens is 295 g/mol. The van der Waals surface area contributed by atoms with Gasteiger partial charge in [0.2, 0.25) is 0 Å². The highest BCUT2D eigenvalue weighted by molar-refractivity contribution is 7.10. The van der Waals surface area contributed by atoms with Crippen LogP contribution in [0.4, 0.5) is 13.2 Å². The fourth-order valence-electron chi connectivity index (χ4n) is 2.30. The van der Waals surface area contributed by atoms with Crippen LogP contribution in [-0.2, 0) is 12.7 Å². The summed E-state index contributed by atoms with van der Waals surface area (Å²) in [4.78, 5) is 1.15. The SMILES string of the molecule is CC(C)C(NCc1ccccc1C(F)(F)F)c1cccs1. The highest BCUT2D eigenvalue weighted by atomic mass is 32.1. The Morgan fingerprint density at radius 2 is 1.81 bits per heavy atom. The highest BCUT2D eigenvalue weighted by Crippen LogP contribution is 2.32. The van der Waals surface area contributed by atoms with Gasteiger partial charge in [-0.05, 0) is 29.0 Å². The van der Waals surface area contributed by atoms with Gasteiger partial charge in [-0.1, -0.05) is 38.1 Å². The Kier molecular flexibility index (Phi) is 5.06. The van der Waals surface area contributed by atoms with E-state index >= 15 is 0 Å². The van der Waals surface area contributed by atoms with Gasteiger partial charge >= 0.3 is 6.18 Å². The van der Waals surface area contributed by atoms with Crippen LogP contribution >= 0.6 is 11.3 Å². The second-order valence-corrected chi connectivity index (χ2v) is 6.25. The standard InChI is InChI=1S/C16H18F3NS/c1-11(2)15(14-8-5-9-21-14)20-10-12-6-3-4-7-13(12)16(17,18)19/h3-9,11,15,20H,10H2,1-2H3. The van der Waals surface area contributed by atoms with Crippen molar-refractivity contribution < 1.29 is 13.2 Å². The quantitative estimate of drug-likeness (QED) is 0.794. The van der Waals surface area contributed by atoms with Crippen LogP contribution in [0.1, 0.15) is 35.9 Å². The Balaban J connectivity index is 2.15.